The average Bonchev–Trinajstić information content (AvgIpc) is 2.26. The van der Waals surface area contributed by atoms with Crippen molar-refractivity contribution in [3.8, 4) is 0 Å². The lowest BCUT2D eigenvalue weighted by atomic mass is 10.0. The van der Waals surface area contributed by atoms with Crippen LogP contribution in [-0.2, 0) is 10.0 Å². The molecule has 0 spiro atoms. The predicted molar refractivity (Wildman–Crippen MR) is 79.8 cm³/mol. The van der Waals surface area contributed by atoms with Gasteiger partial charge in [-0.05, 0) is 44.9 Å². The van der Waals surface area contributed by atoms with Gasteiger partial charge in [0.15, 0.2) is 0 Å². The Balaban J connectivity index is 2.37. The molecule has 1 atom stereocenters. The third-order valence-electron chi connectivity index (χ3n) is 3.06. The summed E-state index contributed by atoms with van der Waals surface area (Å²) in [6.07, 6.45) is 1.96. The van der Waals surface area contributed by atoms with E-state index >= 15 is 0 Å². The van der Waals surface area contributed by atoms with Crippen LogP contribution in [0.2, 0.25) is 0 Å². The first-order chi connectivity index (χ1) is 8.79. The first kappa shape index (κ1) is 16.1. The maximum Gasteiger partial charge on any atom is 0.208 e. The van der Waals surface area contributed by atoms with Crippen LogP contribution in [0.5, 0.6) is 0 Å². The fourth-order valence-corrected chi connectivity index (χ4v) is 2.60. The second kappa shape index (κ2) is 7.03. The lowest BCUT2D eigenvalue weighted by Gasteiger charge is -2.17. The highest BCUT2D eigenvalue weighted by Gasteiger charge is 2.07. The van der Waals surface area contributed by atoms with Gasteiger partial charge >= 0.3 is 0 Å². The Bertz CT molecular complexity index is 512. The summed E-state index contributed by atoms with van der Waals surface area (Å²) in [5, 5.41) is 3.41. The smallest absolute Gasteiger partial charge is 0.208 e. The van der Waals surface area contributed by atoms with E-state index in [9.17, 15) is 8.42 Å². The van der Waals surface area contributed by atoms with Crippen molar-refractivity contribution in [3.63, 3.8) is 0 Å². The maximum atomic E-state index is 10.9. The highest BCUT2D eigenvalue weighted by atomic mass is 32.2. The van der Waals surface area contributed by atoms with Crippen LogP contribution in [-0.4, -0.2) is 27.8 Å². The van der Waals surface area contributed by atoms with Crippen molar-refractivity contribution in [2.45, 2.75) is 33.2 Å². The summed E-state index contributed by atoms with van der Waals surface area (Å²) >= 11 is 0. The molecule has 0 aromatic heterocycles. The molecule has 5 heteroatoms. The number of hydrogen-bond donors (Lipinski definition) is 2. The van der Waals surface area contributed by atoms with Crippen molar-refractivity contribution in [1.29, 1.82) is 0 Å². The molecule has 0 amide bonds. The van der Waals surface area contributed by atoms with Gasteiger partial charge in [0.1, 0.15) is 0 Å². The summed E-state index contributed by atoms with van der Waals surface area (Å²) in [7, 11) is -3.07. The first-order valence-corrected chi connectivity index (χ1v) is 8.44. The summed E-state index contributed by atoms with van der Waals surface area (Å²) in [5.41, 5.74) is 3.85. The summed E-state index contributed by atoms with van der Waals surface area (Å²) in [6.45, 7) is 7.60. The molecule has 1 aromatic carbocycles. The minimum atomic E-state index is -3.07. The van der Waals surface area contributed by atoms with Crippen LogP contribution in [0.3, 0.4) is 0 Å². The molecular weight excluding hydrogens is 260 g/mol. The van der Waals surface area contributed by atoms with E-state index in [1.165, 1.54) is 22.9 Å². The van der Waals surface area contributed by atoms with Crippen LogP contribution < -0.4 is 10.0 Å². The van der Waals surface area contributed by atoms with Crippen molar-refractivity contribution in [3.05, 3.63) is 34.9 Å². The maximum absolute atomic E-state index is 10.9. The van der Waals surface area contributed by atoms with Gasteiger partial charge in [0.25, 0.3) is 0 Å². The average molecular weight is 284 g/mol. The van der Waals surface area contributed by atoms with Crippen molar-refractivity contribution in [2.24, 2.45) is 0 Å². The Labute approximate surface area is 116 Å². The molecule has 0 aliphatic rings. The van der Waals surface area contributed by atoms with Crippen LogP contribution >= 0.6 is 0 Å². The molecular formula is C14H24N2O2S. The zero-order chi connectivity index (χ0) is 14.5. The number of benzene rings is 1. The quantitative estimate of drug-likeness (QED) is 0.752. The van der Waals surface area contributed by atoms with E-state index in [2.05, 4.69) is 49.0 Å². The number of rotatable bonds is 7. The Kier molecular flexibility index (Phi) is 5.97. The SMILES string of the molecule is Cc1ccc([C@@H](C)NCCCNS(C)(=O)=O)c(C)c1. The molecule has 0 radical (unpaired) electrons. The van der Waals surface area contributed by atoms with Gasteiger partial charge in [-0.25, -0.2) is 13.1 Å². The van der Waals surface area contributed by atoms with Gasteiger partial charge in [0, 0.05) is 12.6 Å². The highest BCUT2D eigenvalue weighted by molar-refractivity contribution is 7.88. The van der Waals surface area contributed by atoms with Crippen molar-refractivity contribution in [2.75, 3.05) is 19.3 Å². The topological polar surface area (TPSA) is 58.2 Å². The van der Waals surface area contributed by atoms with Crippen LogP contribution in [0.4, 0.5) is 0 Å². The molecule has 0 heterocycles. The monoisotopic (exact) mass is 284 g/mol. The number of hydrogen-bond acceptors (Lipinski definition) is 3. The molecule has 0 unspecified atom stereocenters. The molecule has 1 rings (SSSR count). The standard InChI is InChI=1S/C14H24N2O2S/c1-11-6-7-14(12(2)10-11)13(3)15-8-5-9-16-19(4,17)18/h6-7,10,13,15-16H,5,8-9H2,1-4H3/t13-/m1/s1. The molecule has 19 heavy (non-hydrogen) atoms. The summed E-state index contributed by atoms with van der Waals surface area (Å²) < 4.78 is 24.3. The molecule has 0 aliphatic carbocycles. The third kappa shape index (κ3) is 6.18. The number of nitrogens with one attached hydrogen (secondary N) is 2. The molecule has 0 bridgehead atoms. The molecule has 4 nitrogen and oxygen atoms in total. The normalized spacial score (nSPS) is 13.5. The van der Waals surface area contributed by atoms with Crippen LogP contribution in [0, 0.1) is 13.8 Å². The van der Waals surface area contributed by atoms with Gasteiger partial charge < -0.3 is 5.32 Å². The Morgan fingerprint density at radius 2 is 1.89 bits per heavy atom. The second-order valence-electron chi connectivity index (χ2n) is 5.06. The lowest BCUT2D eigenvalue weighted by Crippen LogP contribution is -2.27. The Morgan fingerprint density at radius 3 is 2.47 bits per heavy atom. The van der Waals surface area contributed by atoms with Gasteiger partial charge in [-0.3, -0.25) is 0 Å². The van der Waals surface area contributed by atoms with Gasteiger partial charge in [-0.1, -0.05) is 23.8 Å². The van der Waals surface area contributed by atoms with Crippen LogP contribution in [0.25, 0.3) is 0 Å². The molecule has 0 saturated carbocycles. The zero-order valence-corrected chi connectivity index (χ0v) is 13.0. The second-order valence-corrected chi connectivity index (χ2v) is 6.89. The molecule has 2 N–H and O–H groups in total. The summed E-state index contributed by atoms with van der Waals surface area (Å²) in [4.78, 5) is 0. The van der Waals surface area contributed by atoms with E-state index in [4.69, 9.17) is 0 Å². The van der Waals surface area contributed by atoms with E-state index in [1.807, 2.05) is 0 Å². The summed E-state index contributed by atoms with van der Waals surface area (Å²) in [5.74, 6) is 0. The molecule has 0 saturated heterocycles. The highest BCUT2D eigenvalue weighted by Crippen LogP contribution is 2.18. The van der Waals surface area contributed by atoms with Crippen molar-refractivity contribution in [1.82, 2.24) is 10.0 Å². The molecule has 1 aromatic rings. The van der Waals surface area contributed by atoms with Gasteiger partial charge in [-0.2, -0.15) is 0 Å². The van der Waals surface area contributed by atoms with Crippen molar-refractivity contribution < 1.29 is 8.42 Å². The van der Waals surface area contributed by atoms with E-state index in [0.717, 1.165) is 13.0 Å². The molecule has 0 aliphatic heterocycles. The number of sulfonamides is 1. The summed E-state index contributed by atoms with van der Waals surface area (Å²) in [6, 6.07) is 6.72. The minimum Gasteiger partial charge on any atom is -0.310 e. The molecule has 0 fully saturated rings. The fourth-order valence-electron chi connectivity index (χ4n) is 2.09. The number of aryl methyl sites for hydroxylation is 2. The van der Waals surface area contributed by atoms with Gasteiger partial charge in [0.05, 0.1) is 6.26 Å². The Hall–Kier alpha value is -0.910. The largest absolute Gasteiger partial charge is 0.310 e. The van der Waals surface area contributed by atoms with Gasteiger partial charge in [-0.15, -0.1) is 0 Å². The van der Waals surface area contributed by atoms with Gasteiger partial charge in [0.2, 0.25) is 10.0 Å². The van der Waals surface area contributed by atoms with Crippen molar-refractivity contribution >= 4 is 10.0 Å². The zero-order valence-electron chi connectivity index (χ0n) is 12.2. The molecule has 108 valence electrons. The van der Waals surface area contributed by atoms with Crippen LogP contribution in [0.15, 0.2) is 18.2 Å². The first-order valence-electron chi connectivity index (χ1n) is 6.55. The van der Waals surface area contributed by atoms with E-state index in [0.29, 0.717) is 6.54 Å². The fraction of sp³-hybridized carbons (Fsp3) is 0.571. The van der Waals surface area contributed by atoms with E-state index < -0.39 is 10.0 Å². The lowest BCUT2D eigenvalue weighted by molar-refractivity contribution is 0.547. The minimum absolute atomic E-state index is 0.277. The Morgan fingerprint density at radius 1 is 1.21 bits per heavy atom. The van der Waals surface area contributed by atoms with E-state index in [-0.39, 0.29) is 6.04 Å². The van der Waals surface area contributed by atoms with E-state index in [1.54, 1.807) is 0 Å². The van der Waals surface area contributed by atoms with Crippen LogP contribution in [0.1, 0.15) is 36.1 Å². The third-order valence-corrected chi connectivity index (χ3v) is 3.79. The predicted octanol–water partition coefficient (Wildman–Crippen LogP) is 1.89.